The molecule has 8 heteroatoms. The number of aliphatic hydroxyl groups is 1. The maximum atomic E-state index is 10.8. The van der Waals surface area contributed by atoms with Crippen molar-refractivity contribution in [3.63, 3.8) is 0 Å². The number of rotatable bonds is 8. The number of nitrogens with one attached hydrogen (secondary N) is 2. The van der Waals surface area contributed by atoms with Crippen LogP contribution in [0.5, 0.6) is 0 Å². The molecule has 1 aromatic carbocycles. The highest BCUT2D eigenvalue weighted by molar-refractivity contribution is 14.0. The molecule has 2 heterocycles. The number of halogens is 1. The van der Waals surface area contributed by atoms with E-state index in [0.717, 1.165) is 44.2 Å². The second-order valence-corrected chi connectivity index (χ2v) is 8.96. The number of benzene rings is 1. The Morgan fingerprint density at radius 1 is 1.22 bits per heavy atom. The third-order valence-corrected chi connectivity index (χ3v) is 6.01. The lowest BCUT2D eigenvalue weighted by atomic mass is 9.96. The first kappa shape index (κ1) is 26.6. The van der Waals surface area contributed by atoms with E-state index in [0.29, 0.717) is 5.92 Å². The predicted octanol–water partition coefficient (Wildman–Crippen LogP) is 3.02. The quantitative estimate of drug-likeness (QED) is 0.266. The number of nitrogens with zero attached hydrogens (tertiary/aromatic N) is 4. The predicted molar refractivity (Wildman–Crippen MR) is 141 cm³/mol. The Morgan fingerprint density at radius 2 is 1.91 bits per heavy atom. The van der Waals surface area contributed by atoms with Crippen molar-refractivity contribution in [2.24, 2.45) is 18.0 Å². The van der Waals surface area contributed by atoms with Crippen LogP contribution in [0.2, 0.25) is 0 Å². The third kappa shape index (κ3) is 8.04. The van der Waals surface area contributed by atoms with Crippen LogP contribution in [0.3, 0.4) is 0 Å². The van der Waals surface area contributed by atoms with Gasteiger partial charge in [0.25, 0.3) is 0 Å². The van der Waals surface area contributed by atoms with Gasteiger partial charge in [-0.2, -0.15) is 5.10 Å². The number of hydrogen-bond acceptors (Lipinski definition) is 4. The van der Waals surface area contributed by atoms with Crippen LogP contribution in [0.25, 0.3) is 0 Å². The van der Waals surface area contributed by atoms with Crippen LogP contribution in [-0.2, 0) is 19.2 Å². The van der Waals surface area contributed by atoms with Gasteiger partial charge in [-0.1, -0.05) is 29.8 Å². The fourth-order valence-electron chi connectivity index (χ4n) is 3.91. The first-order valence-electron chi connectivity index (χ1n) is 11.4. The van der Waals surface area contributed by atoms with Crippen molar-refractivity contribution >= 4 is 29.9 Å². The van der Waals surface area contributed by atoms with Crippen molar-refractivity contribution in [1.29, 1.82) is 0 Å². The van der Waals surface area contributed by atoms with E-state index < -0.39 is 5.60 Å². The minimum atomic E-state index is -1.04. The normalized spacial score (nSPS) is 17.5. The summed E-state index contributed by atoms with van der Waals surface area (Å²) in [7, 11) is 1.85. The van der Waals surface area contributed by atoms with E-state index in [1.807, 2.05) is 13.2 Å². The second-order valence-electron chi connectivity index (χ2n) is 8.96. The van der Waals surface area contributed by atoms with Gasteiger partial charge in [-0.3, -0.25) is 9.58 Å². The fourth-order valence-corrected chi connectivity index (χ4v) is 3.91. The molecule has 178 valence electrons. The highest BCUT2D eigenvalue weighted by Gasteiger charge is 2.25. The van der Waals surface area contributed by atoms with Gasteiger partial charge in [-0.05, 0) is 58.2 Å². The summed E-state index contributed by atoms with van der Waals surface area (Å²) in [5, 5.41) is 21.7. The zero-order valence-corrected chi connectivity index (χ0v) is 22.2. The number of likely N-dealkylation sites (tertiary alicyclic amines) is 1. The van der Waals surface area contributed by atoms with Crippen molar-refractivity contribution in [3.8, 4) is 0 Å². The molecule has 0 saturated carbocycles. The molecule has 0 amide bonds. The number of aryl methyl sites for hydroxylation is 2. The number of hydrogen-bond donors (Lipinski definition) is 3. The van der Waals surface area contributed by atoms with Crippen molar-refractivity contribution < 1.29 is 5.11 Å². The molecule has 32 heavy (non-hydrogen) atoms. The average Bonchev–Trinajstić information content (AvgIpc) is 3.20. The molecule has 0 aliphatic carbocycles. The van der Waals surface area contributed by atoms with E-state index in [1.165, 1.54) is 24.0 Å². The van der Waals surface area contributed by atoms with Crippen molar-refractivity contribution in [1.82, 2.24) is 25.3 Å². The second kappa shape index (κ2) is 12.6. The molecule has 1 atom stereocenters. The molecule has 1 aliphatic rings. The Hall–Kier alpha value is -1.65. The van der Waals surface area contributed by atoms with E-state index >= 15 is 0 Å². The van der Waals surface area contributed by atoms with Crippen LogP contribution in [0.4, 0.5) is 0 Å². The van der Waals surface area contributed by atoms with Gasteiger partial charge in [0, 0.05) is 38.4 Å². The van der Waals surface area contributed by atoms with Gasteiger partial charge in [0.15, 0.2) is 5.96 Å². The molecule has 3 N–H and O–H groups in total. The highest BCUT2D eigenvalue weighted by atomic mass is 127. The summed E-state index contributed by atoms with van der Waals surface area (Å²) in [4.78, 5) is 7.18. The summed E-state index contributed by atoms with van der Waals surface area (Å²) >= 11 is 0. The zero-order valence-electron chi connectivity index (χ0n) is 19.8. The first-order chi connectivity index (χ1) is 14.9. The lowest BCUT2D eigenvalue weighted by Crippen LogP contribution is -2.43. The molecule has 7 nitrogen and oxygen atoms in total. The molecule has 0 radical (unpaired) electrons. The molecule has 3 rings (SSSR count). The summed E-state index contributed by atoms with van der Waals surface area (Å²) in [6, 6.07) is 8.86. The summed E-state index contributed by atoms with van der Waals surface area (Å²) in [5.74, 6) is 1.39. The average molecular weight is 555 g/mol. The van der Waals surface area contributed by atoms with Crippen molar-refractivity contribution in [3.05, 3.63) is 53.3 Å². The van der Waals surface area contributed by atoms with E-state index in [9.17, 15) is 5.11 Å². The summed E-state index contributed by atoms with van der Waals surface area (Å²) in [6.07, 6.45) is 5.90. The largest absolute Gasteiger partial charge is 0.383 e. The Bertz CT molecular complexity index is 840. The molecule has 2 aromatic rings. The van der Waals surface area contributed by atoms with Gasteiger partial charge >= 0.3 is 0 Å². The molecule has 1 fully saturated rings. The maximum absolute atomic E-state index is 10.8. The summed E-state index contributed by atoms with van der Waals surface area (Å²) in [5.41, 5.74) is 2.44. The number of aromatic nitrogens is 2. The van der Waals surface area contributed by atoms with E-state index in [1.54, 1.807) is 17.8 Å². The molecule has 1 saturated heterocycles. The Morgan fingerprint density at radius 3 is 2.50 bits per heavy atom. The van der Waals surface area contributed by atoms with Crippen molar-refractivity contribution in [2.75, 3.05) is 32.7 Å². The van der Waals surface area contributed by atoms with E-state index in [-0.39, 0.29) is 30.5 Å². The monoisotopic (exact) mass is 554 g/mol. The van der Waals surface area contributed by atoms with Crippen LogP contribution in [0.15, 0.2) is 41.7 Å². The minimum Gasteiger partial charge on any atom is -0.383 e. The van der Waals surface area contributed by atoms with Crippen LogP contribution < -0.4 is 10.6 Å². The van der Waals surface area contributed by atoms with Gasteiger partial charge < -0.3 is 15.7 Å². The maximum Gasteiger partial charge on any atom is 0.191 e. The highest BCUT2D eigenvalue weighted by Crippen LogP contribution is 2.20. The smallest absolute Gasteiger partial charge is 0.191 e. The van der Waals surface area contributed by atoms with Gasteiger partial charge in [-0.25, -0.2) is 4.99 Å². The zero-order chi connectivity index (χ0) is 22.3. The SMILES string of the molecule is CCNC(=NCC(C)(O)c1cnn(C)c1)NCC1CCN(Cc2ccc(C)cc2)CC1.I. The summed E-state index contributed by atoms with van der Waals surface area (Å²) < 4.78 is 1.70. The van der Waals surface area contributed by atoms with Gasteiger partial charge in [0.2, 0.25) is 0 Å². The van der Waals surface area contributed by atoms with Crippen LogP contribution in [0, 0.1) is 12.8 Å². The van der Waals surface area contributed by atoms with Crippen LogP contribution in [-0.4, -0.2) is 58.5 Å². The van der Waals surface area contributed by atoms with Crippen molar-refractivity contribution in [2.45, 2.75) is 45.8 Å². The van der Waals surface area contributed by atoms with E-state index in [4.69, 9.17) is 0 Å². The van der Waals surface area contributed by atoms with Crippen LogP contribution >= 0.6 is 24.0 Å². The Kier molecular flexibility index (Phi) is 10.4. The van der Waals surface area contributed by atoms with Gasteiger partial charge in [0.1, 0.15) is 5.60 Å². The molecule has 0 spiro atoms. The summed E-state index contributed by atoms with van der Waals surface area (Å²) in [6.45, 7) is 11.2. The molecule has 1 aliphatic heterocycles. The molecular weight excluding hydrogens is 515 g/mol. The Labute approximate surface area is 209 Å². The molecule has 1 unspecified atom stereocenters. The minimum absolute atomic E-state index is 0. The lowest BCUT2D eigenvalue weighted by molar-refractivity contribution is 0.0671. The third-order valence-electron chi connectivity index (χ3n) is 6.01. The lowest BCUT2D eigenvalue weighted by Gasteiger charge is -2.32. The molecule has 1 aromatic heterocycles. The molecular formula is C24H39IN6O. The number of aliphatic imine (C=N–C) groups is 1. The van der Waals surface area contributed by atoms with Gasteiger partial charge in [0.05, 0.1) is 12.7 Å². The topological polar surface area (TPSA) is 77.7 Å². The molecule has 0 bridgehead atoms. The van der Waals surface area contributed by atoms with E-state index in [2.05, 4.69) is 63.7 Å². The first-order valence-corrected chi connectivity index (χ1v) is 11.4. The number of guanidine groups is 1. The fraction of sp³-hybridized carbons (Fsp3) is 0.583. The van der Waals surface area contributed by atoms with Crippen LogP contribution in [0.1, 0.15) is 43.4 Å². The Balaban J connectivity index is 0.00000363. The number of piperidine rings is 1. The van der Waals surface area contributed by atoms with Gasteiger partial charge in [-0.15, -0.1) is 24.0 Å². The standard InChI is InChI=1S/C24H38N6O.HI/c1-5-25-23(27-18-24(3,31)22-15-28-29(4)17-22)26-14-20-10-12-30(13-11-20)16-21-8-6-19(2)7-9-21;/h6-9,15,17,20,31H,5,10-14,16,18H2,1-4H3,(H2,25,26,27);1H.